The smallest absolute Gasteiger partial charge is 0.295 e. The number of methoxy groups -OCH3 is 3. The van der Waals surface area contributed by atoms with Crippen LogP contribution in [0.15, 0.2) is 42.0 Å². The number of likely N-dealkylation sites (tertiary alicyclic amines) is 1. The van der Waals surface area contributed by atoms with E-state index >= 15 is 0 Å². The molecule has 0 spiro atoms. The number of para-hydroxylation sites is 1. The van der Waals surface area contributed by atoms with Gasteiger partial charge in [0.05, 0.1) is 54.6 Å². The highest BCUT2D eigenvalue weighted by molar-refractivity contribution is 6.46. The van der Waals surface area contributed by atoms with Gasteiger partial charge >= 0.3 is 0 Å². The molecule has 8 heteroatoms. The van der Waals surface area contributed by atoms with Gasteiger partial charge in [-0.15, -0.1) is 0 Å². The maximum absolute atomic E-state index is 13.6. The number of nitrogens with one attached hydrogen (secondary N) is 1. The summed E-state index contributed by atoms with van der Waals surface area (Å²) in [6.45, 7) is 2.72. The van der Waals surface area contributed by atoms with Crippen molar-refractivity contribution in [3.8, 4) is 17.2 Å². The topological polar surface area (TPSA) is 92.6 Å². The molecule has 1 aliphatic rings. The molecular weight excluding hydrogens is 424 g/mol. The second-order valence-electron chi connectivity index (χ2n) is 8.20. The van der Waals surface area contributed by atoms with E-state index in [0.29, 0.717) is 41.5 Å². The van der Waals surface area contributed by atoms with E-state index in [4.69, 9.17) is 14.2 Å². The molecule has 1 saturated heterocycles. The van der Waals surface area contributed by atoms with Gasteiger partial charge in [-0.2, -0.15) is 0 Å². The zero-order valence-corrected chi connectivity index (χ0v) is 19.9. The Kier molecular flexibility index (Phi) is 7.28. The van der Waals surface area contributed by atoms with Crippen LogP contribution in [0.4, 0.5) is 0 Å². The fourth-order valence-corrected chi connectivity index (χ4v) is 4.07. The largest absolute Gasteiger partial charge is 0.872 e. The van der Waals surface area contributed by atoms with Gasteiger partial charge in [-0.1, -0.05) is 24.0 Å². The third kappa shape index (κ3) is 4.52. The number of benzene rings is 2. The number of Topliss-reactive ketones (excluding diaryl/α,β-unsaturated/α-hetero) is 1. The lowest BCUT2D eigenvalue weighted by Gasteiger charge is -2.29. The monoisotopic (exact) mass is 454 g/mol. The van der Waals surface area contributed by atoms with Crippen molar-refractivity contribution in [1.29, 1.82) is 0 Å². The number of ether oxygens (including phenoxy) is 3. The van der Waals surface area contributed by atoms with Crippen LogP contribution in [0.2, 0.25) is 0 Å². The van der Waals surface area contributed by atoms with Crippen LogP contribution in [-0.2, 0) is 9.59 Å². The third-order valence-corrected chi connectivity index (χ3v) is 5.77. The highest BCUT2D eigenvalue weighted by atomic mass is 16.5. The molecule has 0 bridgehead atoms. The van der Waals surface area contributed by atoms with Crippen molar-refractivity contribution in [3.63, 3.8) is 0 Å². The van der Waals surface area contributed by atoms with Gasteiger partial charge in [0, 0.05) is 11.1 Å². The van der Waals surface area contributed by atoms with E-state index in [1.54, 1.807) is 43.5 Å². The first-order valence-corrected chi connectivity index (χ1v) is 10.7. The van der Waals surface area contributed by atoms with Crippen molar-refractivity contribution in [1.82, 2.24) is 4.90 Å². The minimum Gasteiger partial charge on any atom is -0.872 e. The van der Waals surface area contributed by atoms with Gasteiger partial charge in [0.15, 0.2) is 11.5 Å². The Balaban J connectivity index is 2.25. The van der Waals surface area contributed by atoms with Crippen LogP contribution in [-0.4, -0.2) is 65.1 Å². The van der Waals surface area contributed by atoms with Crippen LogP contribution in [0.1, 0.15) is 22.7 Å². The second-order valence-corrected chi connectivity index (χ2v) is 8.20. The number of carbonyl (C=O) groups is 2. The second kappa shape index (κ2) is 9.95. The van der Waals surface area contributed by atoms with Crippen LogP contribution in [0.25, 0.3) is 5.76 Å². The zero-order valence-electron chi connectivity index (χ0n) is 19.9. The van der Waals surface area contributed by atoms with Crippen molar-refractivity contribution in [2.24, 2.45) is 0 Å². The lowest BCUT2D eigenvalue weighted by molar-refractivity contribution is -0.857. The summed E-state index contributed by atoms with van der Waals surface area (Å²) in [5, 5.41) is 13.6. The number of likely N-dealkylation sites (N-methyl/N-ethyl adjacent to an activating group) is 1. The normalized spacial score (nSPS) is 17.5. The number of carbonyl (C=O) groups excluding carboxylic acids is 2. The van der Waals surface area contributed by atoms with E-state index in [1.165, 1.54) is 19.1 Å². The molecule has 1 N–H and O–H groups in total. The molecule has 33 heavy (non-hydrogen) atoms. The van der Waals surface area contributed by atoms with Crippen molar-refractivity contribution < 1.29 is 33.8 Å². The maximum atomic E-state index is 13.6. The van der Waals surface area contributed by atoms with Gasteiger partial charge in [-0.25, -0.2) is 0 Å². The van der Waals surface area contributed by atoms with Gasteiger partial charge in [0.1, 0.15) is 5.75 Å². The van der Waals surface area contributed by atoms with Crippen molar-refractivity contribution in [3.05, 3.63) is 58.7 Å². The van der Waals surface area contributed by atoms with Gasteiger partial charge in [-0.05, 0) is 36.2 Å². The SMILES string of the molecule is COc1ccc(/C([O-])=C2\C(=O)C(=O)N(CC[NH+](C)C)C2c2cccc(OC)c2OC)cc1C. The molecule has 0 aromatic heterocycles. The van der Waals surface area contributed by atoms with Crippen molar-refractivity contribution in [2.75, 3.05) is 48.5 Å². The Labute approximate surface area is 194 Å². The first kappa shape index (κ1) is 24.1. The molecule has 1 heterocycles. The molecule has 0 aliphatic carbocycles. The van der Waals surface area contributed by atoms with Crippen molar-refractivity contribution >= 4 is 17.4 Å². The Morgan fingerprint density at radius 3 is 2.30 bits per heavy atom. The van der Waals surface area contributed by atoms with E-state index in [0.717, 1.165) is 10.5 Å². The fourth-order valence-electron chi connectivity index (χ4n) is 4.07. The minimum absolute atomic E-state index is 0.0927. The van der Waals surface area contributed by atoms with E-state index in [-0.39, 0.29) is 5.57 Å². The summed E-state index contributed by atoms with van der Waals surface area (Å²) in [5.74, 6) is -0.518. The average Bonchev–Trinajstić information content (AvgIpc) is 3.06. The molecule has 2 aromatic carbocycles. The van der Waals surface area contributed by atoms with Crippen LogP contribution >= 0.6 is 0 Å². The zero-order chi connectivity index (χ0) is 24.3. The molecule has 0 saturated carbocycles. The molecular formula is C25H30N2O6. The summed E-state index contributed by atoms with van der Waals surface area (Å²) < 4.78 is 16.3. The van der Waals surface area contributed by atoms with Gasteiger partial charge in [0.25, 0.3) is 5.91 Å². The van der Waals surface area contributed by atoms with E-state index in [1.807, 2.05) is 21.0 Å². The predicted molar refractivity (Wildman–Crippen MR) is 121 cm³/mol. The summed E-state index contributed by atoms with van der Waals surface area (Å²) in [6.07, 6.45) is 0. The highest BCUT2D eigenvalue weighted by Crippen LogP contribution is 2.45. The van der Waals surface area contributed by atoms with Crippen LogP contribution < -0.4 is 24.2 Å². The van der Waals surface area contributed by atoms with Gasteiger partial charge < -0.3 is 29.1 Å². The molecule has 8 nitrogen and oxygen atoms in total. The third-order valence-electron chi connectivity index (χ3n) is 5.77. The average molecular weight is 455 g/mol. The van der Waals surface area contributed by atoms with Crippen molar-refractivity contribution in [2.45, 2.75) is 13.0 Å². The summed E-state index contributed by atoms with van der Waals surface area (Å²) in [7, 11) is 8.46. The lowest BCUT2D eigenvalue weighted by Crippen LogP contribution is -3.06. The van der Waals surface area contributed by atoms with Crippen LogP contribution in [0.3, 0.4) is 0 Å². The summed E-state index contributed by atoms with van der Waals surface area (Å²) in [4.78, 5) is 28.8. The first-order valence-electron chi connectivity index (χ1n) is 10.7. The van der Waals surface area contributed by atoms with E-state index in [9.17, 15) is 14.7 Å². The molecule has 1 amide bonds. The number of hydrogen-bond donors (Lipinski definition) is 1. The Morgan fingerprint density at radius 2 is 1.73 bits per heavy atom. The highest BCUT2D eigenvalue weighted by Gasteiger charge is 2.45. The molecule has 3 rings (SSSR count). The number of amides is 1. The quantitative estimate of drug-likeness (QED) is 0.353. The molecule has 0 radical (unpaired) electrons. The fraction of sp³-hybridized carbons (Fsp3) is 0.360. The summed E-state index contributed by atoms with van der Waals surface area (Å²) in [5.41, 5.74) is 1.50. The van der Waals surface area contributed by atoms with E-state index in [2.05, 4.69) is 0 Å². The predicted octanol–water partition coefficient (Wildman–Crippen LogP) is 0.389. The molecule has 1 fully saturated rings. The minimum atomic E-state index is -0.885. The number of ketones is 1. The standard InChI is InChI=1S/C25H30N2O6/c1-15-14-16(10-11-18(15)31-4)22(28)20-21(17-8-7-9-19(32-5)24(17)33-6)27(13-12-26(2)3)25(30)23(20)29/h7-11,14,21,28H,12-13H2,1-6H3/b22-20+. The van der Waals surface area contributed by atoms with Crippen LogP contribution in [0.5, 0.6) is 17.2 Å². The Morgan fingerprint density at radius 1 is 1.03 bits per heavy atom. The molecule has 1 unspecified atom stereocenters. The van der Waals surface area contributed by atoms with E-state index < -0.39 is 23.5 Å². The van der Waals surface area contributed by atoms with Crippen LogP contribution in [0, 0.1) is 6.92 Å². The molecule has 1 aliphatic heterocycles. The van der Waals surface area contributed by atoms with Gasteiger partial charge in [-0.3, -0.25) is 9.59 Å². The summed E-state index contributed by atoms with van der Waals surface area (Å²) >= 11 is 0. The number of nitrogens with zero attached hydrogens (tertiary/aromatic N) is 1. The Hall–Kier alpha value is -3.52. The van der Waals surface area contributed by atoms with Gasteiger partial charge in [0.2, 0.25) is 5.78 Å². The number of aryl methyl sites for hydroxylation is 1. The summed E-state index contributed by atoms with van der Waals surface area (Å²) in [6, 6.07) is 9.29. The maximum Gasteiger partial charge on any atom is 0.295 e. The number of hydrogen-bond acceptors (Lipinski definition) is 6. The Bertz CT molecular complexity index is 1090. The number of rotatable bonds is 8. The molecule has 1 atom stereocenters. The molecule has 176 valence electrons. The number of quaternary nitrogens is 1. The lowest BCUT2D eigenvalue weighted by atomic mass is 9.94. The first-order chi connectivity index (χ1) is 15.7. The molecule has 2 aromatic rings.